The smallest absolute Gasteiger partial charge is 0.266 e. The van der Waals surface area contributed by atoms with Gasteiger partial charge in [-0.05, 0) is 31.4 Å². The van der Waals surface area contributed by atoms with Gasteiger partial charge in [0.25, 0.3) is 11.8 Å². The number of unbranched alkanes of at least 4 members (excludes halogenated alkanes) is 3. The molecule has 0 bridgehead atoms. The molecule has 178 valence electrons. The lowest BCUT2D eigenvalue weighted by Crippen LogP contribution is -2.54. The number of carbonyl (C=O) groups excluding carboxylic acids is 5. The van der Waals surface area contributed by atoms with Gasteiger partial charge in [0.1, 0.15) is 11.8 Å². The Balaban J connectivity index is 1.49. The monoisotopic (exact) mass is 457 g/mol. The minimum atomic E-state index is -0.998. The van der Waals surface area contributed by atoms with Crippen LogP contribution >= 0.6 is 0 Å². The second-order valence-electron chi connectivity index (χ2n) is 9.39. The summed E-state index contributed by atoms with van der Waals surface area (Å²) in [5.41, 5.74) is -0.0231. The van der Waals surface area contributed by atoms with E-state index in [-0.39, 0.29) is 29.9 Å². The lowest BCUT2D eigenvalue weighted by Gasteiger charge is -2.27. The van der Waals surface area contributed by atoms with E-state index in [1.165, 1.54) is 0 Å². The number of piperidine rings is 1. The molecule has 2 heterocycles. The molecule has 3 rings (SSSR count). The second-order valence-corrected chi connectivity index (χ2v) is 9.39. The third kappa shape index (κ3) is 5.58. The van der Waals surface area contributed by atoms with Crippen molar-refractivity contribution in [3.05, 3.63) is 29.3 Å². The molecule has 1 atom stereocenters. The number of nitrogens with zero attached hydrogens (tertiary/aromatic N) is 1. The summed E-state index contributed by atoms with van der Waals surface area (Å²) in [6.07, 6.45) is 3.65. The van der Waals surface area contributed by atoms with Crippen LogP contribution in [0.5, 0.6) is 5.75 Å². The maximum Gasteiger partial charge on any atom is 0.266 e. The molecule has 9 nitrogen and oxygen atoms in total. The number of hydrogen-bond donors (Lipinski definition) is 2. The minimum Gasteiger partial charge on any atom is -0.493 e. The SMILES string of the molecule is CC(C)(C)C(=O)NCCCCCCOc1cccc2c1C(=O)N(C1CCC(=O)NC1=O)C2=O. The van der Waals surface area contributed by atoms with E-state index in [9.17, 15) is 24.0 Å². The molecule has 1 saturated heterocycles. The zero-order valence-corrected chi connectivity index (χ0v) is 19.4. The van der Waals surface area contributed by atoms with Crippen molar-refractivity contribution in [3.63, 3.8) is 0 Å². The van der Waals surface area contributed by atoms with Gasteiger partial charge in [-0.15, -0.1) is 0 Å². The largest absolute Gasteiger partial charge is 0.493 e. The van der Waals surface area contributed by atoms with Crippen LogP contribution in [0.3, 0.4) is 0 Å². The molecule has 2 aliphatic heterocycles. The molecule has 2 aliphatic rings. The van der Waals surface area contributed by atoms with E-state index in [0.29, 0.717) is 18.9 Å². The van der Waals surface area contributed by atoms with Gasteiger partial charge in [0.2, 0.25) is 17.7 Å². The molecular weight excluding hydrogens is 426 g/mol. The fraction of sp³-hybridized carbons (Fsp3) is 0.542. The molecule has 1 aromatic rings. The van der Waals surface area contributed by atoms with Gasteiger partial charge in [0, 0.05) is 18.4 Å². The average molecular weight is 458 g/mol. The summed E-state index contributed by atoms with van der Waals surface area (Å²) in [7, 11) is 0. The Bertz CT molecular complexity index is 965. The van der Waals surface area contributed by atoms with E-state index in [1.54, 1.807) is 18.2 Å². The first-order valence-corrected chi connectivity index (χ1v) is 11.4. The molecule has 33 heavy (non-hydrogen) atoms. The van der Waals surface area contributed by atoms with Crippen LogP contribution < -0.4 is 15.4 Å². The molecule has 2 N–H and O–H groups in total. The Morgan fingerprint density at radius 1 is 1.09 bits per heavy atom. The number of benzene rings is 1. The van der Waals surface area contributed by atoms with Crippen molar-refractivity contribution in [1.82, 2.24) is 15.5 Å². The molecule has 9 heteroatoms. The highest BCUT2D eigenvalue weighted by Gasteiger charge is 2.45. The molecule has 0 saturated carbocycles. The van der Waals surface area contributed by atoms with Gasteiger partial charge >= 0.3 is 0 Å². The summed E-state index contributed by atoms with van der Waals surface area (Å²) < 4.78 is 5.81. The fourth-order valence-corrected chi connectivity index (χ4v) is 3.83. The molecule has 0 radical (unpaired) electrons. The van der Waals surface area contributed by atoms with Crippen LogP contribution in [-0.4, -0.2) is 53.6 Å². The third-order valence-electron chi connectivity index (χ3n) is 5.73. The summed E-state index contributed by atoms with van der Waals surface area (Å²) in [5, 5.41) is 5.11. The maximum atomic E-state index is 13.0. The van der Waals surface area contributed by atoms with Crippen LogP contribution in [0.25, 0.3) is 0 Å². The van der Waals surface area contributed by atoms with Gasteiger partial charge in [-0.3, -0.25) is 34.2 Å². The Morgan fingerprint density at radius 2 is 1.82 bits per heavy atom. The zero-order valence-electron chi connectivity index (χ0n) is 19.4. The van der Waals surface area contributed by atoms with Crippen LogP contribution in [0, 0.1) is 5.41 Å². The highest BCUT2D eigenvalue weighted by molar-refractivity contribution is 6.24. The quantitative estimate of drug-likeness (QED) is 0.433. The molecule has 1 unspecified atom stereocenters. The fourth-order valence-electron chi connectivity index (χ4n) is 3.83. The van der Waals surface area contributed by atoms with Crippen molar-refractivity contribution in [2.24, 2.45) is 5.41 Å². The number of carbonyl (C=O) groups is 5. The number of hydrogen-bond acceptors (Lipinski definition) is 6. The first-order chi connectivity index (χ1) is 15.6. The van der Waals surface area contributed by atoms with Gasteiger partial charge < -0.3 is 10.1 Å². The molecule has 1 fully saturated rings. The van der Waals surface area contributed by atoms with E-state index >= 15 is 0 Å². The lowest BCUT2D eigenvalue weighted by atomic mass is 9.96. The standard InChI is InChI=1S/C24H31N3O6/c1-24(2,3)23(32)25-13-6-4-5-7-14-33-17-10-8-9-15-19(17)22(31)27(21(15)30)16-11-12-18(28)26-20(16)29/h8-10,16H,4-7,11-14H2,1-3H3,(H,25,32)(H,26,28,29). The minimum absolute atomic E-state index is 0.0364. The summed E-state index contributed by atoms with van der Waals surface area (Å²) in [5.74, 6) is -1.82. The molecule has 0 spiro atoms. The first-order valence-electron chi connectivity index (χ1n) is 11.4. The van der Waals surface area contributed by atoms with E-state index < -0.39 is 35.1 Å². The highest BCUT2D eigenvalue weighted by atomic mass is 16.5. The summed E-state index contributed by atoms with van der Waals surface area (Å²) in [4.78, 5) is 62.2. The molecule has 5 amide bonds. The van der Waals surface area contributed by atoms with Crippen LogP contribution in [0.4, 0.5) is 0 Å². The maximum absolute atomic E-state index is 13.0. The van der Waals surface area contributed by atoms with Gasteiger partial charge in [-0.25, -0.2) is 0 Å². The second kappa shape index (κ2) is 10.1. The van der Waals surface area contributed by atoms with Crippen molar-refractivity contribution in [3.8, 4) is 5.75 Å². The van der Waals surface area contributed by atoms with Gasteiger partial charge in [0.05, 0.1) is 17.7 Å². The van der Waals surface area contributed by atoms with Crippen molar-refractivity contribution in [2.45, 2.75) is 65.3 Å². The number of nitrogens with one attached hydrogen (secondary N) is 2. The topological polar surface area (TPSA) is 122 Å². The van der Waals surface area contributed by atoms with Crippen LogP contribution in [0.2, 0.25) is 0 Å². The number of fused-ring (bicyclic) bond motifs is 1. The van der Waals surface area contributed by atoms with E-state index in [4.69, 9.17) is 4.74 Å². The first kappa shape index (κ1) is 24.4. The normalized spacial score (nSPS) is 18.3. The van der Waals surface area contributed by atoms with Crippen LogP contribution in [-0.2, 0) is 14.4 Å². The van der Waals surface area contributed by atoms with E-state index in [0.717, 1.165) is 30.6 Å². The molecule has 1 aromatic carbocycles. The van der Waals surface area contributed by atoms with Crippen molar-refractivity contribution < 1.29 is 28.7 Å². The average Bonchev–Trinajstić information content (AvgIpc) is 3.00. The van der Waals surface area contributed by atoms with Crippen molar-refractivity contribution in [1.29, 1.82) is 0 Å². The lowest BCUT2D eigenvalue weighted by molar-refractivity contribution is -0.136. The van der Waals surface area contributed by atoms with Gasteiger partial charge in [-0.1, -0.05) is 39.7 Å². The number of imide groups is 2. The predicted octanol–water partition coefficient (Wildman–Crippen LogP) is 2.19. The van der Waals surface area contributed by atoms with E-state index in [2.05, 4.69) is 10.6 Å². The van der Waals surface area contributed by atoms with Crippen molar-refractivity contribution in [2.75, 3.05) is 13.2 Å². The Hall–Kier alpha value is -3.23. The molecule has 0 aliphatic carbocycles. The summed E-state index contributed by atoms with van der Waals surface area (Å²) >= 11 is 0. The molecule has 0 aromatic heterocycles. The zero-order chi connectivity index (χ0) is 24.2. The predicted molar refractivity (Wildman–Crippen MR) is 120 cm³/mol. The van der Waals surface area contributed by atoms with E-state index in [1.807, 2.05) is 20.8 Å². The van der Waals surface area contributed by atoms with Gasteiger partial charge in [-0.2, -0.15) is 0 Å². The van der Waals surface area contributed by atoms with Crippen molar-refractivity contribution >= 4 is 29.5 Å². The van der Waals surface area contributed by atoms with Crippen LogP contribution in [0.1, 0.15) is 80.0 Å². The number of amides is 5. The highest BCUT2D eigenvalue weighted by Crippen LogP contribution is 2.33. The Morgan fingerprint density at radius 3 is 2.52 bits per heavy atom. The summed E-state index contributed by atoms with van der Waals surface area (Å²) in [6.45, 7) is 6.65. The van der Waals surface area contributed by atoms with Crippen LogP contribution in [0.15, 0.2) is 18.2 Å². The molecular formula is C24H31N3O6. The van der Waals surface area contributed by atoms with Gasteiger partial charge in [0.15, 0.2) is 0 Å². The third-order valence-corrected chi connectivity index (χ3v) is 5.73. The Labute approximate surface area is 193 Å². The number of ether oxygens (including phenoxy) is 1. The summed E-state index contributed by atoms with van der Waals surface area (Å²) in [6, 6.07) is 3.83. The number of rotatable bonds is 9. The Kier molecular flexibility index (Phi) is 7.50.